The Morgan fingerprint density at radius 1 is 0.882 bits per heavy atom. The SMILES string of the molecule is CCOC(=O)Nc1ccc(N(C(=O)OCC)C2(C)C(C(C)(C)C)=CC(=O)C=C2C(C)(C)C)cc1. The maximum atomic E-state index is 13.5. The molecule has 2 amide bonds. The van der Waals surface area contributed by atoms with Crippen LogP contribution in [0.2, 0.25) is 0 Å². The summed E-state index contributed by atoms with van der Waals surface area (Å²) in [6.45, 7) is 18.1. The van der Waals surface area contributed by atoms with Crippen LogP contribution >= 0.6 is 0 Å². The summed E-state index contributed by atoms with van der Waals surface area (Å²) < 4.78 is 10.4. The van der Waals surface area contributed by atoms with Crippen molar-refractivity contribution in [3.8, 4) is 0 Å². The molecule has 0 aromatic heterocycles. The van der Waals surface area contributed by atoms with Gasteiger partial charge in [0.1, 0.15) is 0 Å². The Morgan fingerprint density at radius 2 is 1.35 bits per heavy atom. The number of ketones is 1. The second kappa shape index (κ2) is 10.0. The first-order valence-electron chi connectivity index (χ1n) is 11.7. The Kier molecular flexibility index (Phi) is 8.02. The van der Waals surface area contributed by atoms with Crippen LogP contribution in [0.4, 0.5) is 21.0 Å². The number of nitrogens with one attached hydrogen (secondary N) is 1. The smallest absolute Gasteiger partial charge is 0.415 e. The summed E-state index contributed by atoms with van der Waals surface area (Å²) >= 11 is 0. The summed E-state index contributed by atoms with van der Waals surface area (Å²) in [6.07, 6.45) is 2.21. The second-order valence-electron chi connectivity index (χ2n) is 10.5. The third-order valence-corrected chi connectivity index (χ3v) is 5.78. The molecule has 0 atom stereocenters. The summed E-state index contributed by atoms with van der Waals surface area (Å²) in [7, 11) is 0. The molecule has 0 radical (unpaired) electrons. The maximum Gasteiger partial charge on any atom is 0.415 e. The molecule has 34 heavy (non-hydrogen) atoms. The van der Waals surface area contributed by atoms with E-state index in [1.165, 1.54) is 0 Å². The molecule has 1 aromatic rings. The summed E-state index contributed by atoms with van der Waals surface area (Å²) in [4.78, 5) is 39.7. The fourth-order valence-electron chi connectivity index (χ4n) is 4.60. The number of benzene rings is 1. The fraction of sp³-hybridized carbons (Fsp3) is 0.519. The monoisotopic (exact) mass is 470 g/mol. The highest BCUT2D eigenvalue weighted by molar-refractivity contribution is 6.04. The number of carbonyl (C=O) groups is 3. The van der Waals surface area contributed by atoms with Gasteiger partial charge in [0.25, 0.3) is 0 Å². The van der Waals surface area contributed by atoms with Crippen molar-refractivity contribution in [1.82, 2.24) is 0 Å². The average Bonchev–Trinajstić information content (AvgIpc) is 2.70. The van der Waals surface area contributed by atoms with Crippen molar-refractivity contribution in [1.29, 1.82) is 0 Å². The number of allylic oxidation sites excluding steroid dienone is 2. The van der Waals surface area contributed by atoms with E-state index in [0.717, 1.165) is 11.1 Å². The molecule has 1 aliphatic carbocycles. The number of hydrogen-bond acceptors (Lipinski definition) is 5. The molecule has 2 rings (SSSR count). The van der Waals surface area contributed by atoms with Crippen molar-refractivity contribution in [3.05, 3.63) is 47.6 Å². The van der Waals surface area contributed by atoms with Gasteiger partial charge in [-0.2, -0.15) is 0 Å². The zero-order valence-corrected chi connectivity index (χ0v) is 21.9. The predicted molar refractivity (Wildman–Crippen MR) is 135 cm³/mol. The molecule has 7 heteroatoms. The Labute approximate surface area is 203 Å². The molecule has 0 spiro atoms. The first-order valence-corrected chi connectivity index (χ1v) is 11.7. The molecular weight excluding hydrogens is 432 g/mol. The van der Waals surface area contributed by atoms with Crippen molar-refractivity contribution in [2.45, 2.75) is 67.9 Å². The minimum absolute atomic E-state index is 0.0925. The lowest BCUT2D eigenvalue weighted by molar-refractivity contribution is -0.110. The van der Waals surface area contributed by atoms with Gasteiger partial charge in [-0.1, -0.05) is 41.5 Å². The van der Waals surface area contributed by atoms with Crippen LogP contribution in [0.25, 0.3) is 0 Å². The van der Waals surface area contributed by atoms with E-state index < -0.39 is 28.6 Å². The highest BCUT2D eigenvalue weighted by Gasteiger charge is 2.51. The molecule has 0 saturated carbocycles. The summed E-state index contributed by atoms with van der Waals surface area (Å²) in [5, 5.41) is 2.66. The predicted octanol–water partition coefficient (Wildman–Crippen LogP) is 6.50. The first-order chi connectivity index (χ1) is 15.7. The number of rotatable bonds is 5. The number of anilines is 2. The van der Waals surface area contributed by atoms with Gasteiger partial charge in [-0.15, -0.1) is 0 Å². The minimum atomic E-state index is -0.966. The van der Waals surface area contributed by atoms with Gasteiger partial charge in [-0.3, -0.25) is 15.0 Å². The number of carbonyl (C=O) groups excluding carboxylic acids is 3. The molecular formula is C27H38N2O5. The second-order valence-corrected chi connectivity index (χ2v) is 10.5. The van der Waals surface area contributed by atoms with E-state index in [-0.39, 0.29) is 19.0 Å². The van der Waals surface area contributed by atoms with Crippen molar-refractivity contribution >= 4 is 29.3 Å². The van der Waals surface area contributed by atoms with Crippen LogP contribution in [-0.4, -0.2) is 36.7 Å². The Bertz CT molecular complexity index is 957. The molecule has 1 aromatic carbocycles. The van der Waals surface area contributed by atoms with E-state index in [0.29, 0.717) is 11.4 Å². The first kappa shape index (κ1) is 27.2. The number of hydrogen-bond donors (Lipinski definition) is 1. The number of amides is 2. The van der Waals surface area contributed by atoms with Crippen molar-refractivity contribution in [2.24, 2.45) is 10.8 Å². The minimum Gasteiger partial charge on any atom is -0.450 e. The van der Waals surface area contributed by atoms with Crippen LogP contribution in [-0.2, 0) is 14.3 Å². The Balaban J connectivity index is 2.72. The third-order valence-electron chi connectivity index (χ3n) is 5.78. The van der Waals surface area contributed by atoms with Gasteiger partial charge in [-0.25, -0.2) is 9.59 Å². The van der Waals surface area contributed by atoms with Crippen molar-refractivity contribution < 1.29 is 23.9 Å². The van der Waals surface area contributed by atoms with Crippen LogP contribution in [0.15, 0.2) is 47.6 Å². The van der Waals surface area contributed by atoms with E-state index in [1.807, 2.05) is 48.5 Å². The third kappa shape index (κ3) is 5.69. The van der Waals surface area contributed by atoms with Gasteiger partial charge >= 0.3 is 12.2 Å². The quantitative estimate of drug-likeness (QED) is 0.531. The van der Waals surface area contributed by atoms with Gasteiger partial charge in [0, 0.05) is 11.4 Å². The van der Waals surface area contributed by atoms with Crippen molar-refractivity contribution in [3.63, 3.8) is 0 Å². The van der Waals surface area contributed by atoms with Crippen LogP contribution in [0, 0.1) is 10.8 Å². The fourth-order valence-corrected chi connectivity index (χ4v) is 4.60. The molecule has 7 nitrogen and oxygen atoms in total. The average molecular weight is 471 g/mol. The van der Waals surface area contributed by atoms with Gasteiger partial charge in [0.05, 0.1) is 18.8 Å². The number of nitrogens with zero attached hydrogens (tertiary/aromatic N) is 1. The molecule has 0 fully saturated rings. The lowest BCUT2D eigenvalue weighted by Gasteiger charge is -2.52. The zero-order valence-electron chi connectivity index (χ0n) is 21.9. The van der Waals surface area contributed by atoms with Gasteiger partial charge in [0.15, 0.2) is 5.78 Å². The largest absolute Gasteiger partial charge is 0.450 e. The van der Waals surface area contributed by atoms with Gasteiger partial charge in [0.2, 0.25) is 0 Å². The number of ether oxygens (including phenoxy) is 2. The topological polar surface area (TPSA) is 84.9 Å². The Hall–Kier alpha value is -3.09. The molecule has 186 valence electrons. The Morgan fingerprint density at radius 3 is 1.76 bits per heavy atom. The van der Waals surface area contributed by atoms with E-state index in [4.69, 9.17) is 9.47 Å². The molecule has 0 unspecified atom stereocenters. The standard InChI is InChI=1S/C27H38N2O5/c1-10-33-23(31)28-18-12-14-19(15-13-18)29(24(32)34-11-2)27(9)21(25(3,4)5)16-20(30)17-22(27)26(6,7)8/h12-17H,10-11H2,1-9H3,(H,28,31). The highest BCUT2D eigenvalue weighted by atomic mass is 16.6. The van der Waals surface area contributed by atoms with Crippen LogP contribution < -0.4 is 10.2 Å². The molecule has 0 bridgehead atoms. The lowest BCUT2D eigenvalue weighted by Crippen LogP contribution is -2.58. The normalized spacial score (nSPS) is 15.7. The van der Waals surface area contributed by atoms with Crippen LogP contribution in [0.1, 0.15) is 62.3 Å². The summed E-state index contributed by atoms with van der Waals surface area (Å²) in [5.41, 5.74) is 0.963. The summed E-state index contributed by atoms with van der Waals surface area (Å²) in [5.74, 6) is -0.0925. The maximum absolute atomic E-state index is 13.5. The molecule has 1 aliphatic rings. The van der Waals surface area contributed by atoms with Crippen LogP contribution in [0.5, 0.6) is 0 Å². The highest BCUT2D eigenvalue weighted by Crippen LogP contribution is 2.51. The van der Waals surface area contributed by atoms with E-state index in [9.17, 15) is 14.4 Å². The lowest BCUT2D eigenvalue weighted by atomic mass is 9.62. The zero-order chi connectivity index (χ0) is 25.9. The molecule has 0 heterocycles. The van der Waals surface area contributed by atoms with E-state index >= 15 is 0 Å². The molecule has 0 saturated heterocycles. The van der Waals surface area contributed by atoms with Gasteiger partial charge in [-0.05, 0) is 79.2 Å². The van der Waals surface area contributed by atoms with E-state index in [2.05, 4.69) is 5.32 Å². The van der Waals surface area contributed by atoms with Gasteiger partial charge < -0.3 is 9.47 Å². The van der Waals surface area contributed by atoms with Crippen LogP contribution in [0.3, 0.4) is 0 Å². The molecule has 0 aliphatic heterocycles. The van der Waals surface area contributed by atoms with Crippen molar-refractivity contribution in [2.75, 3.05) is 23.4 Å². The summed E-state index contributed by atoms with van der Waals surface area (Å²) in [6, 6.07) is 6.91. The van der Waals surface area contributed by atoms with E-state index in [1.54, 1.807) is 55.2 Å². The molecule has 1 N–H and O–H groups in total.